The van der Waals surface area contributed by atoms with Crippen molar-refractivity contribution in [3.8, 4) is 11.8 Å². The summed E-state index contributed by atoms with van der Waals surface area (Å²) in [5.74, 6) is 5.93. The maximum absolute atomic E-state index is 12.1. The fourth-order valence-electron chi connectivity index (χ4n) is 2.72. The summed E-state index contributed by atoms with van der Waals surface area (Å²) in [6.45, 7) is 2.30. The molecule has 1 aromatic carbocycles. The fraction of sp³-hybridized carbons (Fsp3) is 0.267. The Morgan fingerprint density at radius 2 is 2.32 bits per heavy atom. The summed E-state index contributed by atoms with van der Waals surface area (Å²) in [4.78, 5) is 22.8. The SMILES string of the molecule is CC#C[C@@H]1CNC(=O)N1c1nc2c(ccc3ncn(C)c32)s1. The highest BCUT2D eigenvalue weighted by Crippen LogP contribution is 2.34. The predicted octanol–water partition coefficient (Wildman–Crippen LogP) is 2.10. The van der Waals surface area contributed by atoms with Crippen LogP contribution in [-0.4, -0.2) is 33.2 Å². The van der Waals surface area contributed by atoms with Crippen LogP contribution in [0.1, 0.15) is 6.92 Å². The number of anilines is 1. The molecule has 3 heterocycles. The number of aromatic nitrogens is 3. The summed E-state index contributed by atoms with van der Waals surface area (Å²) in [6.07, 6.45) is 1.77. The molecule has 0 aliphatic carbocycles. The van der Waals surface area contributed by atoms with Crippen LogP contribution in [-0.2, 0) is 7.05 Å². The number of hydrogen-bond acceptors (Lipinski definition) is 4. The second-order valence-electron chi connectivity index (χ2n) is 5.10. The Morgan fingerprint density at radius 1 is 1.45 bits per heavy atom. The van der Waals surface area contributed by atoms with Gasteiger partial charge in [-0.15, -0.1) is 5.92 Å². The van der Waals surface area contributed by atoms with Gasteiger partial charge in [0.15, 0.2) is 5.13 Å². The summed E-state index contributed by atoms with van der Waals surface area (Å²) < 4.78 is 2.99. The molecule has 1 N–H and O–H groups in total. The number of hydrogen-bond donors (Lipinski definition) is 1. The number of aryl methyl sites for hydroxylation is 1. The van der Waals surface area contributed by atoms with E-state index < -0.39 is 0 Å². The molecule has 1 saturated heterocycles. The number of imidazole rings is 1. The number of fused-ring (bicyclic) bond motifs is 3. The van der Waals surface area contributed by atoms with Gasteiger partial charge < -0.3 is 9.88 Å². The second-order valence-corrected chi connectivity index (χ2v) is 6.11. The van der Waals surface area contributed by atoms with Gasteiger partial charge in [0.05, 0.1) is 28.6 Å². The number of nitrogens with one attached hydrogen (secondary N) is 1. The normalized spacial score (nSPS) is 17.8. The lowest BCUT2D eigenvalue weighted by atomic mass is 10.3. The maximum Gasteiger partial charge on any atom is 0.324 e. The molecular formula is C15H13N5OS. The van der Waals surface area contributed by atoms with Crippen molar-refractivity contribution in [2.45, 2.75) is 13.0 Å². The van der Waals surface area contributed by atoms with Crippen molar-refractivity contribution in [1.29, 1.82) is 0 Å². The first-order valence-corrected chi connectivity index (χ1v) is 7.70. The van der Waals surface area contributed by atoms with Crippen molar-refractivity contribution < 1.29 is 4.79 Å². The molecule has 1 atom stereocenters. The van der Waals surface area contributed by atoms with Crippen molar-refractivity contribution >= 4 is 43.7 Å². The standard InChI is InChI=1S/C15H13N5OS/c1-3-4-9-7-16-14(21)20(9)15-18-12-11(22-15)6-5-10-13(12)19(2)8-17-10/h5-6,8-9H,7H2,1-2H3,(H,16,21)/t9-/m1/s1. The smallest absolute Gasteiger partial charge is 0.324 e. The Morgan fingerprint density at radius 3 is 3.14 bits per heavy atom. The van der Waals surface area contributed by atoms with E-state index in [1.165, 1.54) is 11.3 Å². The van der Waals surface area contributed by atoms with Crippen LogP contribution >= 0.6 is 11.3 Å². The van der Waals surface area contributed by atoms with E-state index in [0.717, 1.165) is 21.3 Å². The topological polar surface area (TPSA) is 63.1 Å². The number of amides is 2. The summed E-state index contributed by atoms with van der Waals surface area (Å²) >= 11 is 1.50. The van der Waals surface area contributed by atoms with Gasteiger partial charge in [-0.1, -0.05) is 17.3 Å². The number of thiazole rings is 1. The van der Waals surface area contributed by atoms with Gasteiger partial charge in [-0.3, -0.25) is 4.90 Å². The number of urea groups is 1. The monoisotopic (exact) mass is 311 g/mol. The fourth-order valence-corrected chi connectivity index (χ4v) is 3.74. The third-order valence-electron chi connectivity index (χ3n) is 3.72. The molecule has 7 heteroatoms. The van der Waals surface area contributed by atoms with E-state index in [-0.39, 0.29) is 12.1 Å². The minimum absolute atomic E-state index is 0.145. The van der Waals surface area contributed by atoms with Gasteiger partial charge in [-0.2, -0.15) is 0 Å². The van der Waals surface area contributed by atoms with Crippen LogP contribution in [0.2, 0.25) is 0 Å². The molecule has 6 nitrogen and oxygen atoms in total. The van der Waals surface area contributed by atoms with E-state index in [4.69, 9.17) is 4.98 Å². The van der Waals surface area contributed by atoms with E-state index in [1.54, 1.807) is 18.2 Å². The maximum atomic E-state index is 12.1. The molecule has 0 bridgehead atoms. The second kappa shape index (κ2) is 4.71. The summed E-state index contributed by atoms with van der Waals surface area (Å²) in [6, 6.07) is 3.67. The third kappa shape index (κ3) is 1.77. The van der Waals surface area contributed by atoms with Gasteiger partial charge in [0.2, 0.25) is 0 Å². The van der Waals surface area contributed by atoms with Crippen LogP contribution in [0.3, 0.4) is 0 Å². The summed E-state index contributed by atoms with van der Waals surface area (Å²) in [5.41, 5.74) is 2.76. The minimum Gasteiger partial charge on any atom is -0.334 e. The number of rotatable bonds is 1. The van der Waals surface area contributed by atoms with Crippen LogP contribution in [0.5, 0.6) is 0 Å². The van der Waals surface area contributed by atoms with E-state index >= 15 is 0 Å². The molecule has 4 rings (SSSR count). The quantitative estimate of drug-likeness (QED) is 0.700. The molecule has 1 aliphatic rings. The largest absolute Gasteiger partial charge is 0.334 e. The molecule has 0 saturated carbocycles. The number of nitrogens with zero attached hydrogens (tertiary/aromatic N) is 4. The predicted molar refractivity (Wildman–Crippen MR) is 87.0 cm³/mol. The van der Waals surface area contributed by atoms with Gasteiger partial charge in [0.25, 0.3) is 0 Å². The molecule has 110 valence electrons. The molecule has 0 radical (unpaired) electrons. The van der Waals surface area contributed by atoms with Gasteiger partial charge in [0.1, 0.15) is 11.6 Å². The van der Waals surface area contributed by atoms with Crippen molar-refractivity contribution in [1.82, 2.24) is 19.9 Å². The molecule has 1 fully saturated rings. The summed E-state index contributed by atoms with van der Waals surface area (Å²) in [5, 5.41) is 3.50. The van der Waals surface area contributed by atoms with Crippen LogP contribution in [0.15, 0.2) is 18.5 Å². The van der Waals surface area contributed by atoms with Gasteiger partial charge in [-0.25, -0.2) is 14.8 Å². The van der Waals surface area contributed by atoms with Gasteiger partial charge in [-0.05, 0) is 19.1 Å². The molecule has 0 spiro atoms. The van der Waals surface area contributed by atoms with Gasteiger partial charge in [0, 0.05) is 7.05 Å². The highest BCUT2D eigenvalue weighted by molar-refractivity contribution is 7.22. The van der Waals surface area contributed by atoms with Crippen molar-refractivity contribution in [2.24, 2.45) is 7.05 Å². The summed E-state index contributed by atoms with van der Waals surface area (Å²) in [7, 11) is 1.95. The van der Waals surface area contributed by atoms with Crippen molar-refractivity contribution in [2.75, 3.05) is 11.4 Å². The van der Waals surface area contributed by atoms with E-state index in [1.807, 2.05) is 23.7 Å². The van der Waals surface area contributed by atoms with Crippen LogP contribution in [0.4, 0.5) is 9.93 Å². The van der Waals surface area contributed by atoms with Crippen LogP contribution in [0, 0.1) is 11.8 Å². The Labute approximate surface area is 130 Å². The Balaban J connectivity index is 1.91. The van der Waals surface area contributed by atoms with E-state index in [9.17, 15) is 4.79 Å². The lowest BCUT2D eigenvalue weighted by Gasteiger charge is -2.14. The lowest BCUT2D eigenvalue weighted by molar-refractivity contribution is 0.252. The van der Waals surface area contributed by atoms with Crippen LogP contribution in [0.25, 0.3) is 21.3 Å². The first-order valence-electron chi connectivity index (χ1n) is 6.89. The van der Waals surface area contributed by atoms with E-state index in [0.29, 0.717) is 11.7 Å². The minimum atomic E-state index is -0.167. The lowest BCUT2D eigenvalue weighted by Crippen LogP contribution is -2.33. The number of benzene rings is 1. The molecule has 0 unspecified atom stereocenters. The first kappa shape index (κ1) is 13.1. The van der Waals surface area contributed by atoms with Gasteiger partial charge >= 0.3 is 6.03 Å². The molecule has 2 aromatic heterocycles. The average Bonchev–Trinajstić information content (AvgIpc) is 3.16. The highest BCUT2D eigenvalue weighted by Gasteiger charge is 2.33. The van der Waals surface area contributed by atoms with E-state index in [2.05, 4.69) is 22.1 Å². The van der Waals surface area contributed by atoms with Crippen LogP contribution < -0.4 is 10.2 Å². The molecular weight excluding hydrogens is 298 g/mol. The van der Waals surface area contributed by atoms with Crippen molar-refractivity contribution in [3.63, 3.8) is 0 Å². The molecule has 22 heavy (non-hydrogen) atoms. The zero-order valence-corrected chi connectivity index (χ0v) is 12.9. The molecule has 1 aliphatic heterocycles. The Hall–Kier alpha value is -2.59. The highest BCUT2D eigenvalue weighted by atomic mass is 32.1. The zero-order valence-electron chi connectivity index (χ0n) is 12.1. The molecule has 2 amide bonds. The van der Waals surface area contributed by atoms with Crippen molar-refractivity contribution in [3.05, 3.63) is 18.5 Å². The third-order valence-corrected chi connectivity index (χ3v) is 4.74. The number of carbonyl (C=O) groups is 1. The molecule has 3 aromatic rings. The average molecular weight is 311 g/mol. The Kier molecular flexibility index (Phi) is 2.81. The first-order chi connectivity index (χ1) is 10.7. The number of carbonyl (C=O) groups excluding carboxylic acids is 1. The Bertz CT molecular complexity index is 961. The zero-order chi connectivity index (χ0) is 15.3.